The van der Waals surface area contributed by atoms with Crippen LogP contribution in [0.5, 0.6) is 5.75 Å². The molecule has 2 aromatic carbocycles. The molecule has 1 fully saturated rings. The Hall–Kier alpha value is -3.93. The minimum Gasteiger partial charge on any atom is -0.494 e. The molecule has 1 aliphatic rings. The van der Waals surface area contributed by atoms with Crippen LogP contribution in [0.1, 0.15) is 32.8 Å². The summed E-state index contributed by atoms with van der Waals surface area (Å²) < 4.78 is 19.9. The van der Waals surface area contributed by atoms with Crippen LogP contribution < -0.4 is 25.6 Å². The van der Waals surface area contributed by atoms with Crippen LogP contribution in [0.25, 0.3) is 0 Å². The number of amides is 1. The first-order valence-corrected chi connectivity index (χ1v) is 14.3. The number of methoxy groups -OCH3 is 1. The first-order valence-electron chi connectivity index (χ1n) is 13.9. The van der Waals surface area contributed by atoms with Gasteiger partial charge in [-0.2, -0.15) is 4.98 Å². The number of carbonyl (C=O) groups is 1. The monoisotopic (exact) mass is 611 g/mol. The number of benzene rings is 2. The molecule has 0 saturated carbocycles. The molecule has 0 bridgehead atoms. The van der Waals surface area contributed by atoms with E-state index in [1.165, 1.54) is 18.2 Å². The highest BCUT2D eigenvalue weighted by atomic mass is 35.5. The van der Waals surface area contributed by atoms with Gasteiger partial charge >= 0.3 is 0 Å². The molecule has 3 aromatic rings. The van der Waals surface area contributed by atoms with Crippen molar-refractivity contribution in [3.63, 3.8) is 0 Å². The summed E-state index contributed by atoms with van der Waals surface area (Å²) in [6.07, 6.45) is 3.85. The van der Waals surface area contributed by atoms with Crippen LogP contribution in [0.2, 0.25) is 5.02 Å². The number of likely N-dealkylation sites (tertiary alicyclic amines) is 1. The van der Waals surface area contributed by atoms with Crippen molar-refractivity contribution in [2.24, 2.45) is 5.92 Å². The minimum absolute atomic E-state index is 0.0964. The second kappa shape index (κ2) is 13.2. The summed E-state index contributed by atoms with van der Waals surface area (Å²) in [4.78, 5) is 25.7. The van der Waals surface area contributed by atoms with Gasteiger partial charge in [-0.25, -0.2) is 9.37 Å². The predicted octanol–water partition coefficient (Wildman–Crippen LogP) is 5.89. The smallest absolute Gasteiger partial charge is 0.247 e. The molecule has 4 N–H and O–H groups in total. The molecule has 0 radical (unpaired) electrons. The lowest BCUT2D eigenvalue weighted by atomic mass is 9.96. The summed E-state index contributed by atoms with van der Waals surface area (Å²) in [7, 11) is 5.69. The number of nitrogens with one attached hydrogen (secondary N) is 3. The zero-order valence-corrected chi connectivity index (χ0v) is 26.1. The highest BCUT2D eigenvalue weighted by molar-refractivity contribution is 6.31. The maximum Gasteiger partial charge on any atom is 0.247 e. The van der Waals surface area contributed by atoms with Gasteiger partial charge in [-0.05, 0) is 63.6 Å². The highest BCUT2D eigenvalue weighted by Crippen LogP contribution is 2.39. The fourth-order valence-electron chi connectivity index (χ4n) is 5.33. The fraction of sp³-hybridized carbons (Fsp3) is 0.387. The largest absolute Gasteiger partial charge is 0.494 e. The van der Waals surface area contributed by atoms with Crippen molar-refractivity contribution in [3.05, 3.63) is 65.6 Å². The molecule has 1 aromatic heterocycles. The average molecular weight is 612 g/mol. The molecule has 43 heavy (non-hydrogen) atoms. The molecule has 0 spiro atoms. The average Bonchev–Trinajstić information content (AvgIpc) is 3.25. The van der Waals surface area contributed by atoms with Gasteiger partial charge < -0.3 is 35.6 Å². The van der Waals surface area contributed by atoms with Crippen LogP contribution in [0.4, 0.5) is 38.9 Å². The number of carbonyl (C=O) groups excluding carboxylic acids is 1. The van der Waals surface area contributed by atoms with E-state index in [2.05, 4.69) is 56.3 Å². The van der Waals surface area contributed by atoms with E-state index in [-0.39, 0.29) is 16.9 Å². The number of anilines is 6. The summed E-state index contributed by atoms with van der Waals surface area (Å²) >= 11 is 6.03. The summed E-state index contributed by atoms with van der Waals surface area (Å²) in [6, 6.07) is 8.22. The number of aliphatic hydroxyl groups is 1. The van der Waals surface area contributed by atoms with Gasteiger partial charge in [0.05, 0.1) is 34.8 Å². The summed E-state index contributed by atoms with van der Waals surface area (Å²) in [5.74, 6) is 0.751. The molecule has 230 valence electrons. The number of halogens is 2. The number of ether oxygens (including phenoxy) is 1. The molecule has 1 saturated heterocycles. The number of hydrogen-bond donors (Lipinski definition) is 4. The van der Waals surface area contributed by atoms with Crippen molar-refractivity contribution >= 4 is 52.0 Å². The lowest BCUT2D eigenvalue weighted by Gasteiger charge is -2.29. The number of hydrogen-bond acceptors (Lipinski definition) is 9. The third-order valence-electron chi connectivity index (χ3n) is 7.44. The molecule has 2 atom stereocenters. The third-order valence-corrected chi connectivity index (χ3v) is 7.73. The molecular formula is C31H39ClFN7O3. The Balaban J connectivity index is 1.65. The van der Waals surface area contributed by atoms with E-state index in [4.69, 9.17) is 16.3 Å². The zero-order valence-electron chi connectivity index (χ0n) is 25.3. The Labute approximate surface area is 256 Å². The van der Waals surface area contributed by atoms with E-state index in [0.717, 1.165) is 25.2 Å². The van der Waals surface area contributed by atoms with Crippen LogP contribution in [-0.2, 0) is 10.4 Å². The van der Waals surface area contributed by atoms with E-state index in [1.54, 1.807) is 39.3 Å². The number of nitrogens with zero attached hydrogens (tertiary/aromatic N) is 4. The first-order chi connectivity index (χ1) is 20.3. The van der Waals surface area contributed by atoms with Gasteiger partial charge in [0, 0.05) is 49.7 Å². The van der Waals surface area contributed by atoms with Crippen LogP contribution in [-0.4, -0.2) is 66.2 Å². The van der Waals surface area contributed by atoms with Crippen molar-refractivity contribution in [2.45, 2.75) is 38.8 Å². The fourth-order valence-corrected chi connectivity index (χ4v) is 5.49. The van der Waals surface area contributed by atoms with Gasteiger partial charge in [-0.3, -0.25) is 4.79 Å². The Bertz CT molecular complexity index is 1500. The van der Waals surface area contributed by atoms with Crippen LogP contribution in [0, 0.1) is 11.7 Å². The van der Waals surface area contributed by atoms with E-state index >= 15 is 0 Å². The Morgan fingerprint density at radius 1 is 1.28 bits per heavy atom. The van der Waals surface area contributed by atoms with Crippen LogP contribution in [0.3, 0.4) is 0 Å². The van der Waals surface area contributed by atoms with Crippen LogP contribution >= 0.6 is 11.6 Å². The Morgan fingerprint density at radius 2 is 2.02 bits per heavy atom. The molecule has 1 amide bonds. The Kier molecular flexibility index (Phi) is 9.79. The molecule has 4 rings (SSSR count). The standard InChI is InChI=1S/C31H39ClFN7O3/c1-8-29(41)36-24-14-25(27(43-7)15-26(24)40(6)17-19-11-18(2)16-39(19)5)37-30-34-10-9-28(38-30)35-23-13-21(32)22(33)12-20(23)31(3,4)42/h8-10,12-15,18-19,42H,1,11,16-17H2,2-7H3,(H,36,41)(H2,34,35,37,38)/t18-,19+/m0/s1. The van der Waals surface area contributed by atoms with Crippen molar-refractivity contribution in [1.82, 2.24) is 14.9 Å². The molecule has 2 heterocycles. The van der Waals surface area contributed by atoms with Gasteiger partial charge in [-0.1, -0.05) is 25.1 Å². The lowest BCUT2D eigenvalue weighted by Crippen LogP contribution is -2.37. The van der Waals surface area contributed by atoms with E-state index in [0.29, 0.717) is 46.2 Å². The van der Waals surface area contributed by atoms with E-state index in [1.807, 2.05) is 13.1 Å². The van der Waals surface area contributed by atoms with E-state index in [9.17, 15) is 14.3 Å². The van der Waals surface area contributed by atoms with Gasteiger partial charge in [0.2, 0.25) is 11.9 Å². The normalized spacial score (nSPS) is 17.0. The summed E-state index contributed by atoms with van der Waals surface area (Å²) in [6.45, 7) is 10.8. The maximum absolute atomic E-state index is 14.2. The molecule has 0 unspecified atom stereocenters. The Morgan fingerprint density at radius 3 is 2.65 bits per heavy atom. The van der Waals surface area contributed by atoms with Gasteiger partial charge in [0.15, 0.2) is 0 Å². The third kappa shape index (κ3) is 7.73. The topological polar surface area (TPSA) is 115 Å². The highest BCUT2D eigenvalue weighted by Gasteiger charge is 2.28. The van der Waals surface area contributed by atoms with Gasteiger partial charge in [0.25, 0.3) is 0 Å². The molecule has 10 nitrogen and oxygen atoms in total. The molecule has 12 heteroatoms. The number of likely N-dealkylation sites (N-methyl/N-ethyl adjacent to an activating group) is 2. The van der Waals surface area contributed by atoms with Crippen molar-refractivity contribution in [1.29, 1.82) is 0 Å². The quantitative estimate of drug-likeness (QED) is 0.197. The molecular weight excluding hydrogens is 573 g/mol. The zero-order chi connectivity index (χ0) is 31.5. The van der Waals surface area contributed by atoms with Crippen molar-refractivity contribution in [2.75, 3.05) is 55.1 Å². The molecule has 1 aliphatic heterocycles. The molecule has 0 aliphatic carbocycles. The lowest BCUT2D eigenvalue weighted by molar-refractivity contribution is -0.111. The number of rotatable bonds is 11. The SMILES string of the molecule is C=CC(=O)Nc1cc(Nc2nccc(Nc3cc(Cl)c(F)cc3C(C)(C)O)n2)c(OC)cc1N(C)C[C@H]1C[C@H](C)CN1C. The van der Waals surface area contributed by atoms with Crippen molar-refractivity contribution < 1.29 is 19.0 Å². The summed E-state index contributed by atoms with van der Waals surface area (Å²) in [5.41, 5.74) is 1.23. The summed E-state index contributed by atoms with van der Waals surface area (Å²) in [5, 5.41) is 19.7. The second-order valence-electron chi connectivity index (χ2n) is 11.5. The predicted molar refractivity (Wildman–Crippen MR) is 171 cm³/mol. The maximum atomic E-state index is 14.2. The van der Waals surface area contributed by atoms with Crippen LogP contribution in [0.15, 0.2) is 49.2 Å². The van der Waals surface area contributed by atoms with E-state index < -0.39 is 11.4 Å². The van der Waals surface area contributed by atoms with Gasteiger partial charge in [0.1, 0.15) is 17.4 Å². The van der Waals surface area contributed by atoms with Gasteiger partial charge in [-0.15, -0.1) is 0 Å². The number of aromatic nitrogens is 2. The van der Waals surface area contributed by atoms with Crippen molar-refractivity contribution in [3.8, 4) is 5.75 Å². The first kappa shape index (κ1) is 32.0. The minimum atomic E-state index is -1.35. The second-order valence-corrected chi connectivity index (χ2v) is 11.9.